The van der Waals surface area contributed by atoms with Crippen molar-refractivity contribution < 1.29 is 0 Å². The standard InChI is InChI=1S/C13H22N2.C6H6.C3H6.C2H6/c1-11-3-2-8-15(10-11)13-6-4-12(9-14)5-7-13;1-2-4-6-5-3-1;1-3-2;1-2/h11-13H,2-8,10H2,1H3;1-6H;3H,1H2,2H3;1-2H3. The zero-order valence-corrected chi connectivity index (χ0v) is 17.5. The zero-order chi connectivity index (χ0) is 19.6. The summed E-state index contributed by atoms with van der Waals surface area (Å²) in [5, 5.41) is 8.87. The Morgan fingerprint density at radius 2 is 1.42 bits per heavy atom. The van der Waals surface area contributed by atoms with Crippen LogP contribution in [0.2, 0.25) is 0 Å². The van der Waals surface area contributed by atoms with Gasteiger partial charge in [-0.25, -0.2) is 0 Å². The van der Waals surface area contributed by atoms with E-state index in [0.717, 1.165) is 24.8 Å². The van der Waals surface area contributed by atoms with Crippen molar-refractivity contribution in [2.45, 2.75) is 72.3 Å². The number of likely N-dealkylation sites (tertiary alicyclic amines) is 1. The summed E-state index contributed by atoms with van der Waals surface area (Å²) < 4.78 is 0. The van der Waals surface area contributed by atoms with Gasteiger partial charge in [0.2, 0.25) is 0 Å². The number of piperidine rings is 1. The molecule has 0 spiro atoms. The van der Waals surface area contributed by atoms with E-state index in [4.69, 9.17) is 5.26 Å². The van der Waals surface area contributed by atoms with Crippen LogP contribution in [0.4, 0.5) is 0 Å². The summed E-state index contributed by atoms with van der Waals surface area (Å²) in [5.41, 5.74) is 0. The number of hydrogen-bond acceptors (Lipinski definition) is 2. The number of nitrogens with zero attached hydrogens (tertiary/aromatic N) is 2. The molecule has 1 aromatic carbocycles. The van der Waals surface area contributed by atoms with Crippen molar-refractivity contribution in [1.29, 1.82) is 5.26 Å². The van der Waals surface area contributed by atoms with Crippen molar-refractivity contribution in [2.24, 2.45) is 11.8 Å². The Bertz CT molecular complexity index is 428. The van der Waals surface area contributed by atoms with Crippen molar-refractivity contribution in [3.05, 3.63) is 49.1 Å². The van der Waals surface area contributed by atoms with E-state index < -0.39 is 0 Å². The van der Waals surface area contributed by atoms with E-state index in [-0.39, 0.29) is 0 Å². The quantitative estimate of drug-likeness (QED) is 0.523. The maximum atomic E-state index is 8.87. The van der Waals surface area contributed by atoms with Crippen molar-refractivity contribution in [3.8, 4) is 6.07 Å². The Labute approximate surface area is 162 Å². The number of allylic oxidation sites excluding steroid dienone is 1. The molecule has 1 saturated carbocycles. The van der Waals surface area contributed by atoms with Crippen LogP contribution in [0, 0.1) is 23.2 Å². The largest absolute Gasteiger partial charge is 0.300 e. The molecule has 2 aliphatic rings. The lowest BCUT2D eigenvalue weighted by Gasteiger charge is -2.39. The third kappa shape index (κ3) is 11.1. The smallest absolute Gasteiger partial charge is 0.0655 e. The monoisotopic (exact) mass is 356 g/mol. The Morgan fingerprint density at radius 3 is 1.81 bits per heavy atom. The van der Waals surface area contributed by atoms with Gasteiger partial charge in [0.15, 0.2) is 0 Å². The molecule has 2 heteroatoms. The molecule has 1 heterocycles. The van der Waals surface area contributed by atoms with E-state index >= 15 is 0 Å². The van der Waals surface area contributed by atoms with Gasteiger partial charge in [0.25, 0.3) is 0 Å². The molecule has 0 amide bonds. The van der Waals surface area contributed by atoms with Crippen LogP contribution in [0.25, 0.3) is 0 Å². The summed E-state index contributed by atoms with van der Waals surface area (Å²) in [7, 11) is 0. The van der Waals surface area contributed by atoms with E-state index in [1.165, 1.54) is 38.8 Å². The Balaban J connectivity index is 0.000000471. The second kappa shape index (κ2) is 16.9. The summed E-state index contributed by atoms with van der Waals surface area (Å²) in [6.45, 7) is 14.2. The molecule has 1 unspecified atom stereocenters. The molecular weight excluding hydrogens is 316 g/mol. The first kappa shape index (κ1) is 24.4. The van der Waals surface area contributed by atoms with Crippen LogP contribution in [0.1, 0.15) is 66.2 Å². The second-order valence-corrected chi connectivity index (χ2v) is 6.94. The summed E-state index contributed by atoms with van der Waals surface area (Å²) in [5.74, 6) is 1.23. The van der Waals surface area contributed by atoms with E-state index in [0.29, 0.717) is 5.92 Å². The molecule has 1 saturated heterocycles. The van der Waals surface area contributed by atoms with Crippen LogP contribution in [-0.2, 0) is 0 Å². The topological polar surface area (TPSA) is 27.0 Å². The third-order valence-electron chi connectivity index (χ3n) is 4.75. The van der Waals surface area contributed by atoms with Gasteiger partial charge >= 0.3 is 0 Å². The molecule has 2 fully saturated rings. The first-order chi connectivity index (χ1) is 12.7. The lowest BCUT2D eigenvalue weighted by molar-refractivity contribution is 0.0977. The maximum absolute atomic E-state index is 8.87. The van der Waals surface area contributed by atoms with E-state index in [1.54, 1.807) is 6.08 Å². The molecule has 0 aromatic heterocycles. The fourth-order valence-electron chi connectivity index (χ4n) is 3.51. The van der Waals surface area contributed by atoms with Crippen molar-refractivity contribution in [1.82, 2.24) is 4.90 Å². The number of rotatable bonds is 1. The minimum atomic E-state index is 0.350. The molecule has 26 heavy (non-hydrogen) atoms. The SMILES string of the molecule is C=CC.CC.CC1CCCN(C2CCC(C#N)CC2)C1.c1ccccc1. The summed E-state index contributed by atoms with van der Waals surface area (Å²) >= 11 is 0. The third-order valence-corrected chi connectivity index (χ3v) is 4.75. The summed E-state index contributed by atoms with van der Waals surface area (Å²) in [4.78, 5) is 2.68. The highest BCUT2D eigenvalue weighted by atomic mass is 15.2. The van der Waals surface area contributed by atoms with Gasteiger partial charge in [-0.15, -0.1) is 6.58 Å². The zero-order valence-electron chi connectivity index (χ0n) is 17.5. The van der Waals surface area contributed by atoms with Gasteiger partial charge in [0.1, 0.15) is 0 Å². The molecule has 0 radical (unpaired) electrons. The van der Waals surface area contributed by atoms with Crippen LogP contribution in [0.3, 0.4) is 0 Å². The lowest BCUT2D eigenvalue weighted by atomic mass is 9.85. The van der Waals surface area contributed by atoms with Gasteiger partial charge in [-0.1, -0.05) is 63.2 Å². The molecule has 2 nitrogen and oxygen atoms in total. The van der Waals surface area contributed by atoms with Gasteiger partial charge in [-0.2, -0.15) is 5.26 Å². The molecule has 1 aromatic rings. The second-order valence-electron chi connectivity index (χ2n) is 6.94. The van der Waals surface area contributed by atoms with Crippen molar-refractivity contribution in [3.63, 3.8) is 0 Å². The highest BCUT2D eigenvalue weighted by molar-refractivity contribution is 4.99. The molecule has 1 atom stereocenters. The Hall–Kier alpha value is -1.59. The van der Waals surface area contributed by atoms with Crippen LogP contribution >= 0.6 is 0 Å². The normalized spacial score (nSPS) is 24.8. The highest BCUT2D eigenvalue weighted by Gasteiger charge is 2.28. The van der Waals surface area contributed by atoms with Gasteiger partial charge in [-0.3, -0.25) is 0 Å². The average Bonchev–Trinajstić information content (AvgIpc) is 2.72. The van der Waals surface area contributed by atoms with E-state index in [9.17, 15) is 0 Å². The van der Waals surface area contributed by atoms with Gasteiger partial charge < -0.3 is 4.90 Å². The molecule has 146 valence electrons. The summed E-state index contributed by atoms with van der Waals surface area (Å²) in [6.07, 6.45) is 9.30. The number of hydrogen-bond donors (Lipinski definition) is 0. The lowest BCUT2D eigenvalue weighted by Crippen LogP contribution is -2.43. The van der Waals surface area contributed by atoms with Crippen molar-refractivity contribution in [2.75, 3.05) is 13.1 Å². The van der Waals surface area contributed by atoms with Crippen LogP contribution < -0.4 is 0 Å². The number of nitriles is 1. The molecule has 1 aliphatic carbocycles. The van der Waals surface area contributed by atoms with E-state index in [2.05, 4.69) is 24.5 Å². The van der Waals surface area contributed by atoms with Crippen LogP contribution in [-0.4, -0.2) is 24.0 Å². The molecule has 3 rings (SSSR count). The first-order valence-electron chi connectivity index (χ1n) is 10.4. The maximum Gasteiger partial charge on any atom is 0.0655 e. The molecular formula is C24H40N2. The molecule has 1 aliphatic heterocycles. The predicted octanol–water partition coefficient (Wildman–Crippen LogP) is 6.71. The van der Waals surface area contributed by atoms with Crippen LogP contribution in [0.5, 0.6) is 0 Å². The minimum absolute atomic E-state index is 0.350. The average molecular weight is 357 g/mol. The van der Waals surface area contributed by atoms with Crippen molar-refractivity contribution >= 4 is 0 Å². The number of benzene rings is 1. The molecule has 0 bridgehead atoms. The van der Waals surface area contributed by atoms with Crippen LogP contribution in [0.15, 0.2) is 49.1 Å². The van der Waals surface area contributed by atoms with E-state index in [1.807, 2.05) is 57.2 Å². The first-order valence-corrected chi connectivity index (χ1v) is 10.4. The predicted molar refractivity (Wildman–Crippen MR) is 115 cm³/mol. The minimum Gasteiger partial charge on any atom is -0.300 e. The summed E-state index contributed by atoms with van der Waals surface area (Å²) in [6, 6.07) is 15.2. The van der Waals surface area contributed by atoms with Gasteiger partial charge in [-0.05, 0) is 57.9 Å². The Kier molecular flexibility index (Phi) is 15.8. The highest BCUT2D eigenvalue weighted by Crippen LogP contribution is 2.29. The fraction of sp³-hybridized carbons (Fsp3) is 0.625. The Morgan fingerprint density at radius 1 is 0.962 bits per heavy atom. The van der Waals surface area contributed by atoms with Gasteiger partial charge in [0.05, 0.1) is 6.07 Å². The fourth-order valence-corrected chi connectivity index (χ4v) is 3.51. The van der Waals surface area contributed by atoms with Gasteiger partial charge in [0, 0.05) is 18.5 Å². The molecule has 0 N–H and O–H groups in total.